The molecule has 0 radical (unpaired) electrons. The molecule has 2 aromatic carbocycles. The van der Waals surface area contributed by atoms with E-state index in [9.17, 15) is 4.79 Å². The molecule has 0 spiro atoms. The average molecular weight is 441 g/mol. The largest absolute Gasteiger partial charge is 0.494 e. The van der Waals surface area contributed by atoms with Crippen molar-refractivity contribution in [3.8, 4) is 11.5 Å². The summed E-state index contributed by atoms with van der Waals surface area (Å²) in [4.78, 5) is 12.3. The Kier molecular flexibility index (Phi) is 12.8. The van der Waals surface area contributed by atoms with Gasteiger partial charge in [0.1, 0.15) is 11.5 Å². The molecule has 0 aromatic heterocycles. The number of carbonyl (C=O) groups is 1. The van der Waals surface area contributed by atoms with Crippen molar-refractivity contribution >= 4 is 17.3 Å². The summed E-state index contributed by atoms with van der Waals surface area (Å²) in [5.74, 6) is 1.57. The zero-order chi connectivity index (χ0) is 22.9. The molecule has 2 rings (SSSR count). The molecule has 32 heavy (non-hydrogen) atoms. The lowest BCUT2D eigenvalue weighted by molar-refractivity contribution is -0.114. The van der Waals surface area contributed by atoms with Crippen LogP contribution in [0.1, 0.15) is 71.6 Å². The van der Waals surface area contributed by atoms with Crippen LogP contribution in [0, 0.1) is 0 Å². The van der Waals surface area contributed by atoms with Crippen molar-refractivity contribution in [2.24, 2.45) is 0 Å². The Morgan fingerprint density at radius 2 is 1.34 bits per heavy atom. The first-order chi connectivity index (χ1) is 15.7. The van der Waals surface area contributed by atoms with E-state index in [4.69, 9.17) is 9.47 Å². The third-order valence-electron chi connectivity index (χ3n) is 5.21. The van der Waals surface area contributed by atoms with E-state index in [1.807, 2.05) is 48.5 Å². The molecule has 0 bridgehead atoms. The minimum Gasteiger partial charge on any atom is -0.494 e. The number of carbonyl (C=O) groups excluding carboxylic acids is 1. The molecule has 0 saturated heterocycles. The summed E-state index contributed by atoms with van der Waals surface area (Å²) >= 11 is 0. The lowest BCUT2D eigenvalue weighted by Gasteiger charge is -2.11. The van der Waals surface area contributed by atoms with Gasteiger partial charge in [0.05, 0.1) is 19.8 Å². The highest BCUT2D eigenvalue weighted by Gasteiger charge is 2.04. The van der Waals surface area contributed by atoms with Crippen LogP contribution in [0.2, 0.25) is 0 Å². The van der Waals surface area contributed by atoms with Crippen LogP contribution < -0.4 is 20.1 Å². The number of unbranched alkanes of at least 4 members (excludes halogenated alkanes) is 7. The van der Waals surface area contributed by atoms with E-state index in [1.165, 1.54) is 44.9 Å². The van der Waals surface area contributed by atoms with Gasteiger partial charge in [0.25, 0.3) is 0 Å². The smallest absolute Gasteiger partial charge is 0.243 e. The predicted molar refractivity (Wildman–Crippen MR) is 134 cm³/mol. The molecular weight excluding hydrogens is 400 g/mol. The van der Waals surface area contributed by atoms with E-state index >= 15 is 0 Å². The van der Waals surface area contributed by atoms with Crippen LogP contribution in [0.5, 0.6) is 11.5 Å². The van der Waals surface area contributed by atoms with Crippen LogP contribution in [0.4, 0.5) is 11.4 Å². The SMILES string of the molecule is CCCCCCCOc1ccc(NC(=O)CNc2cccc(OCCCCCC)c2)cc1. The summed E-state index contributed by atoms with van der Waals surface area (Å²) in [6.45, 7) is 6.07. The molecule has 1 amide bonds. The Morgan fingerprint density at radius 1 is 0.719 bits per heavy atom. The monoisotopic (exact) mass is 440 g/mol. The van der Waals surface area contributed by atoms with Crippen LogP contribution >= 0.6 is 0 Å². The molecule has 176 valence electrons. The number of ether oxygens (including phenoxy) is 2. The van der Waals surface area contributed by atoms with Crippen molar-refractivity contribution in [2.75, 3.05) is 30.4 Å². The molecule has 0 atom stereocenters. The number of anilines is 2. The Morgan fingerprint density at radius 3 is 2.03 bits per heavy atom. The van der Waals surface area contributed by atoms with Gasteiger partial charge in [0.2, 0.25) is 5.91 Å². The highest BCUT2D eigenvalue weighted by molar-refractivity contribution is 5.93. The summed E-state index contributed by atoms with van der Waals surface area (Å²) in [5, 5.41) is 6.07. The van der Waals surface area contributed by atoms with Gasteiger partial charge in [0.15, 0.2) is 0 Å². The fraction of sp³-hybridized carbons (Fsp3) is 0.519. The summed E-state index contributed by atoms with van der Waals surface area (Å²) in [6.07, 6.45) is 10.8. The van der Waals surface area contributed by atoms with Gasteiger partial charge < -0.3 is 20.1 Å². The molecule has 0 saturated carbocycles. The summed E-state index contributed by atoms with van der Waals surface area (Å²) in [6, 6.07) is 15.3. The van der Waals surface area contributed by atoms with Crippen LogP contribution in [0.25, 0.3) is 0 Å². The second kappa shape index (κ2) is 16.0. The number of amides is 1. The first kappa shape index (κ1) is 25.6. The molecule has 0 aliphatic rings. The summed E-state index contributed by atoms with van der Waals surface area (Å²) in [7, 11) is 0. The third kappa shape index (κ3) is 11.1. The zero-order valence-electron chi connectivity index (χ0n) is 19.8. The van der Waals surface area contributed by atoms with Gasteiger partial charge in [-0.05, 0) is 49.2 Å². The Hall–Kier alpha value is -2.69. The maximum Gasteiger partial charge on any atom is 0.243 e. The topological polar surface area (TPSA) is 59.6 Å². The van der Waals surface area contributed by atoms with Crippen molar-refractivity contribution in [2.45, 2.75) is 71.6 Å². The quantitative estimate of drug-likeness (QED) is 0.259. The van der Waals surface area contributed by atoms with Crippen LogP contribution in [0.3, 0.4) is 0 Å². The fourth-order valence-corrected chi connectivity index (χ4v) is 3.33. The van der Waals surface area contributed by atoms with Gasteiger partial charge in [-0.15, -0.1) is 0 Å². The van der Waals surface area contributed by atoms with E-state index in [1.54, 1.807) is 0 Å². The highest BCUT2D eigenvalue weighted by Crippen LogP contribution is 2.19. The number of benzene rings is 2. The van der Waals surface area contributed by atoms with E-state index in [0.717, 1.165) is 48.9 Å². The first-order valence-corrected chi connectivity index (χ1v) is 12.2. The molecule has 0 heterocycles. The minimum atomic E-state index is -0.0968. The standard InChI is InChI=1S/C27H40N2O3/c1-3-5-7-9-11-19-31-25-17-15-23(16-18-25)29-27(30)22-28-24-13-12-14-26(21-24)32-20-10-8-6-4-2/h12-18,21,28H,3-11,19-20,22H2,1-2H3,(H,29,30). The first-order valence-electron chi connectivity index (χ1n) is 12.2. The lowest BCUT2D eigenvalue weighted by Crippen LogP contribution is -2.21. The minimum absolute atomic E-state index is 0.0968. The maximum absolute atomic E-state index is 12.3. The summed E-state index contributed by atoms with van der Waals surface area (Å²) < 4.78 is 11.6. The van der Waals surface area contributed by atoms with Gasteiger partial charge in [-0.1, -0.05) is 64.9 Å². The Balaban J connectivity index is 1.66. The van der Waals surface area contributed by atoms with Crippen molar-refractivity contribution in [3.05, 3.63) is 48.5 Å². The van der Waals surface area contributed by atoms with Gasteiger partial charge in [-0.25, -0.2) is 0 Å². The number of nitrogens with one attached hydrogen (secondary N) is 2. The van der Waals surface area contributed by atoms with Crippen molar-refractivity contribution in [3.63, 3.8) is 0 Å². The fourth-order valence-electron chi connectivity index (χ4n) is 3.33. The molecule has 2 aromatic rings. The van der Waals surface area contributed by atoms with Crippen molar-refractivity contribution in [1.29, 1.82) is 0 Å². The molecule has 5 nitrogen and oxygen atoms in total. The zero-order valence-corrected chi connectivity index (χ0v) is 19.8. The predicted octanol–water partition coefficient (Wildman–Crippen LogP) is 7.05. The highest BCUT2D eigenvalue weighted by atomic mass is 16.5. The van der Waals surface area contributed by atoms with Gasteiger partial charge >= 0.3 is 0 Å². The van der Waals surface area contributed by atoms with Crippen molar-refractivity contribution < 1.29 is 14.3 Å². The molecule has 0 aliphatic carbocycles. The van der Waals surface area contributed by atoms with E-state index < -0.39 is 0 Å². The molecule has 5 heteroatoms. The van der Waals surface area contributed by atoms with Gasteiger partial charge in [0, 0.05) is 17.4 Å². The second-order valence-electron chi connectivity index (χ2n) is 8.13. The normalized spacial score (nSPS) is 10.6. The molecule has 0 unspecified atom stereocenters. The Labute approximate surface area is 193 Å². The van der Waals surface area contributed by atoms with Crippen molar-refractivity contribution in [1.82, 2.24) is 0 Å². The van der Waals surface area contributed by atoms with Gasteiger partial charge in [-0.3, -0.25) is 4.79 Å². The summed E-state index contributed by atoms with van der Waals surface area (Å²) in [5.41, 5.74) is 1.63. The average Bonchev–Trinajstić information content (AvgIpc) is 2.81. The lowest BCUT2D eigenvalue weighted by atomic mass is 10.2. The van der Waals surface area contributed by atoms with Crippen LogP contribution in [-0.4, -0.2) is 25.7 Å². The van der Waals surface area contributed by atoms with E-state index in [-0.39, 0.29) is 12.5 Å². The molecular formula is C27H40N2O3. The number of rotatable bonds is 17. The van der Waals surface area contributed by atoms with Crippen LogP contribution in [-0.2, 0) is 4.79 Å². The molecule has 2 N–H and O–H groups in total. The molecule has 0 fully saturated rings. The second-order valence-corrected chi connectivity index (χ2v) is 8.13. The number of hydrogen-bond acceptors (Lipinski definition) is 4. The van der Waals surface area contributed by atoms with E-state index in [2.05, 4.69) is 24.5 Å². The Bertz CT molecular complexity index is 762. The van der Waals surface area contributed by atoms with Crippen LogP contribution in [0.15, 0.2) is 48.5 Å². The maximum atomic E-state index is 12.3. The molecule has 0 aliphatic heterocycles. The van der Waals surface area contributed by atoms with E-state index in [0.29, 0.717) is 0 Å². The third-order valence-corrected chi connectivity index (χ3v) is 5.21. The number of hydrogen-bond donors (Lipinski definition) is 2. The van der Waals surface area contributed by atoms with Gasteiger partial charge in [-0.2, -0.15) is 0 Å².